The van der Waals surface area contributed by atoms with E-state index in [2.05, 4.69) is 98.9 Å². The van der Waals surface area contributed by atoms with Gasteiger partial charge in [0.1, 0.15) is 12.2 Å². The van der Waals surface area contributed by atoms with Crippen LogP contribution in [-0.4, -0.2) is 66.3 Å². The van der Waals surface area contributed by atoms with Gasteiger partial charge in [-0.05, 0) is 89.9 Å². The van der Waals surface area contributed by atoms with E-state index in [4.69, 9.17) is 23.6 Å². The number of aliphatic hydroxyl groups is 2. The molecule has 346 valence electrons. The predicted molar refractivity (Wildman–Crippen MR) is 251 cm³/mol. The van der Waals surface area contributed by atoms with Crippen LogP contribution in [0.1, 0.15) is 181 Å². The SMILES string of the molecule is CC/C=C\C/C=C\C/C=C\C/C=C\C/C=C\CCCCCCCCOCC(COP(=O)(O)OCC(O)CO)OC(=O)CCCCCCCCC/C=C\C/C=C\CCCCC. The number of aliphatic hydroxyl groups excluding tert-OH is 2. The largest absolute Gasteiger partial charge is 0.472 e. The van der Waals surface area contributed by atoms with Gasteiger partial charge in [-0.25, -0.2) is 4.57 Å². The summed E-state index contributed by atoms with van der Waals surface area (Å²) < 4.78 is 33.4. The summed E-state index contributed by atoms with van der Waals surface area (Å²) >= 11 is 0. The van der Waals surface area contributed by atoms with E-state index in [0.29, 0.717) is 13.0 Å². The first-order valence-electron chi connectivity index (χ1n) is 23.6. The fourth-order valence-corrected chi connectivity index (χ4v) is 6.79. The summed E-state index contributed by atoms with van der Waals surface area (Å²) in [4.78, 5) is 22.6. The number of hydrogen-bond donors (Lipinski definition) is 3. The van der Waals surface area contributed by atoms with Crippen LogP contribution >= 0.6 is 7.82 Å². The average molecular weight is 863 g/mol. The maximum absolute atomic E-state index is 12.6. The summed E-state index contributed by atoms with van der Waals surface area (Å²) in [5, 5.41) is 18.4. The van der Waals surface area contributed by atoms with Gasteiger partial charge in [0.15, 0.2) is 0 Å². The number of carbonyl (C=O) groups excluding carboxylic acids is 1. The van der Waals surface area contributed by atoms with E-state index in [1.165, 1.54) is 64.2 Å². The van der Waals surface area contributed by atoms with Gasteiger partial charge in [-0.15, -0.1) is 0 Å². The minimum atomic E-state index is -4.53. The maximum Gasteiger partial charge on any atom is 0.472 e. The molecule has 0 aliphatic heterocycles. The van der Waals surface area contributed by atoms with Crippen molar-refractivity contribution in [3.05, 3.63) is 85.1 Å². The standard InChI is InChI=1S/C50H87O9P/c1-3-5-7-9-11-13-15-17-19-21-22-23-24-25-27-29-31-33-35-37-39-41-43-56-46-49(47-58-60(54,55)57-45-48(52)44-51)59-50(53)42-40-38-36-34-32-30-28-26-20-18-16-14-12-10-8-6-4-2/h5,7,11-14,17-20,22-23,25,27,48-49,51-52H,3-4,6,8-10,15-16,21,24,26,28-47H2,1-2H3,(H,54,55)/b7-5-,13-11-,14-12-,19-17-,20-18-,23-22-,27-25-. The Labute approximate surface area is 366 Å². The molecule has 0 aliphatic carbocycles. The highest BCUT2D eigenvalue weighted by Crippen LogP contribution is 2.43. The Morgan fingerprint density at radius 3 is 1.43 bits per heavy atom. The number of allylic oxidation sites excluding steroid dienone is 14. The first kappa shape index (κ1) is 57.6. The van der Waals surface area contributed by atoms with Gasteiger partial charge in [0, 0.05) is 13.0 Å². The highest BCUT2D eigenvalue weighted by atomic mass is 31.2. The van der Waals surface area contributed by atoms with E-state index in [1.54, 1.807) is 0 Å². The van der Waals surface area contributed by atoms with Crippen molar-refractivity contribution in [2.45, 2.75) is 193 Å². The van der Waals surface area contributed by atoms with E-state index in [-0.39, 0.29) is 13.0 Å². The van der Waals surface area contributed by atoms with Crippen LogP contribution < -0.4 is 0 Å². The zero-order chi connectivity index (χ0) is 43.9. The smallest absolute Gasteiger partial charge is 0.457 e. The number of esters is 1. The molecule has 0 spiro atoms. The molecule has 0 bridgehead atoms. The Balaban J connectivity index is 4.19. The predicted octanol–water partition coefficient (Wildman–Crippen LogP) is 13.5. The number of phosphoric ester groups is 1. The molecule has 0 aromatic rings. The molecule has 0 saturated carbocycles. The van der Waals surface area contributed by atoms with Gasteiger partial charge in [0.25, 0.3) is 0 Å². The second-order valence-electron chi connectivity index (χ2n) is 15.4. The van der Waals surface area contributed by atoms with E-state index in [9.17, 15) is 19.4 Å². The Hall–Kier alpha value is -2.36. The van der Waals surface area contributed by atoms with Crippen LogP contribution in [0.4, 0.5) is 0 Å². The third kappa shape index (κ3) is 45.2. The molecule has 10 heteroatoms. The Morgan fingerprint density at radius 2 is 0.950 bits per heavy atom. The monoisotopic (exact) mass is 863 g/mol. The average Bonchev–Trinajstić information content (AvgIpc) is 3.24. The second kappa shape index (κ2) is 46.2. The van der Waals surface area contributed by atoms with E-state index >= 15 is 0 Å². The first-order chi connectivity index (χ1) is 29.3. The van der Waals surface area contributed by atoms with Crippen molar-refractivity contribution in [2.24, 2.45) is 0 Å². The molecule has 60 heavy (non-hydrogen) atoms. The molecule has 9 nitrogen and oxygen atoms in total. The zero-order valence-electron chi connectivity index (χ0n) is 37.9. The lowest BCUT2D eigenvalue weighted by Crippen LogP contribution is -2.29. The summed E-state index contributed by atoms with van der Waals surface area (Å²) in [7, 11) is -4.53. The van der Waals surface area contributed by atoms with Crippen LogP contribution in [-0.2, 0) is 27.9 Å². The van der Waals surface area contributed by atoms with Gasteiger partial charge in [0.05, 0.1) is 26.4 Å². The third-order valence-electron chi connectivity index (χ3n) is 9.56. The summed E-state index contributed by atoms with van der Waals surface area (Å²) in [6.07, 6.45) is 56.8. The molecule has 0 saturated heterocycles. The van der Waals surface area contributed by atoms with E-state index in [0.717, 1.165) is 89.9 Å². The molecule has 0 radical (unpaired) electrons. The van der Waals surface area contributed by atoms with Crippen molar-refractivity contribution in [3.63, 3.8) is 0 Å². The second-order valence-corrected chi connectivity index (χ2v) is 16.8. The van der Waals surface area contributed by atoms with Gasteiger partial charge in [-0.3, -0.25) is 13.8 Å². The van der Waals surface area contributed by atoms with Gasteiger partial charge in [0.2, 0.25) is 0 Å². The minimum Gasteiger partial charge on any atom is -0.457 e. The number of carbonyl (C=O) groups is 1. The zero-order valence-corrected chi connectivity index (χ0v) is 38.8. The van der Waals surface area contributed by atoms with Crippen LogP contribution in [0.2, 0.25) is 0 Å². The van der Waals surface area contributed by atoms with Crippen molar-refractivity contribution in [3.8, 4) is 0 Å². The van der Waals surface area contributed by atoms with Gasteiger partial charge in [-0.2, -0.15) is 0 Å². The van der Waals surface area contributed by atoms with Crippen LogP contribution in [0.15, 0.2) is 85.1 Å². The lowest BCUT2D eigenvalue weighted by Gasteiger charge is -2.20. The molecular formula is C50H87O9P. The summed E-state index contributed by atoms with van der Waals surface area (Å²) in [6, 6.07) is 0. The fraction of sp³-hybridized carbons (Fsp3) is 0.700. The Kier molecular flexibility index (Phi) is 44.3. The van der Waals surface area contributed by atoms with Crippen LogP contribution in [0, 0.1) is 0 Å². The van der Waals surface area contributed by atoms with Crippen molar-refractivity contribution in [1.82, 2.24) is 0 Å². The minimum absolute atomic E-state index is 0.0309. The molecule has 0 aromatic carbocycles. The lowest BCUT2D eigenvalue weighted by molar-refractivity contribution is -0.154. The molecule has 0 rings (SSSR count). The van der Waals surface area contributed by atoms with Gasteiger partial charge >= 0.3 is 13.8 Å². The lowest BCUT2D eigenvalue weighted by atomic mass is 10.1. The van der Waals surface area contributed by atoms with Gasteiger partial charge in [-0.1, -0.05) is 170 Å². The van der Waals surface area contributed by atoms with Crippen molar-refractivity contribution >= 4 is 13.8 Å². The number of rotatable bonds is 44. The molecule has 3 atom stereocenters. The van der Waals surface area contributed by atoms with Crippen molar-refractivity contribution in [1.29, 1.82) is 0 Å². The Bertz CT molecular complexity index is 1210. The van der Waals surface area contributed by atoms with Crippen molar-refractivity contribution < 1.29 is 43.0 Å². The Morgan fingerprint density at radius 1 is 0.533 bits per heavy atom. The molecular weight excluding hydrogens is 776 g/mol. The summed E-state index contributed by atoms with van der Waals surface area (Å²) in [6.45, 7) is 3.32. The molecule has 3 N–H and O–H groups in total. The molecule has 0 amide bonds. The first-order valence-corrected chi connectivity index (χ1v) is 25.1. The highest BCUT2D eigenvalue weighted by Gasteiger charge is 2.26. The van der Waals surface area contributed by atoms with Crippen LogP contribution in [0.25, 0.3) is 0 Å². The van der Waals surface area contributed by atoms with Gasteiger partial charge < -0.3 is 24.6 Å². The molecule has 3 unspecified atom stereocenters. The molecule has 0 heterocycles. The quantitative estimate of drug-likeness (QED) is 0.0237. The number of hydrogen-bond acceptors (Lipinski definition) is 8. The number of phosphoric acid groups is 1. The topological polar surface area (TPSA) is 132 Å². The fourth-order valence-electron chi connectivity index (χ4n) is 6.00. The normalized spacial score (nSPS) is 14.7. The number of ether oxygens (including phenoxy) is 2. The van der Waals surface area contributed by atoms with Crippen LogP contribution in [0.3, 0.4) is 0 Å². The van der Waals surface area contributed by atoms with Crippen LogP contribution in [0.5, 0.6) is 0 Å². The highest BCUT2D eigenvalue weighted by molar-refractivity contribution is 7.47. The summed E-state index contributed by atoms with van der Waals surface area (Å²) in [5.41, 5.74) is 0. The molecule has 0 aliphatic rings. The third-order valence-corrected chi connectivity index (χ3v) is 10.5. The maximum atomic E-state index is 12.6. The summed E-state index contributed by atoms with van der Waals surface area (Å²) in [5.74, 6) is -0.399. The van der Waals surface area contributed by atoms with Crippen molar-refractivity contribution in [2.75, 3.05) is 33.0 Å². The van der Waals surface area contributed by atoms with E-state index < -0.39 is 45.8 Å². The molecule has 0 fully saturated rings. The molecule has 0 aromatic heterocycles. The van der Waals surface area contributed by atoms with E-state index in [1.807, 2.05) is 0 Å². The number of unbranched alkanes of at least 4 members (excludes halogenated alkanes) is 16.